The molecule has 20 heavy (non-hydrogen) atoms. The molecular formula is C11H19N5O4. The highest BCUT2D eigenvalue weighted by Crippen LogP contribution is 1.97. The Bertz CT molecular complexity index is 448. The van der Waals surface area contributed by atoms with E-state index in [2.05, 4.69) is 10.1 Å². The zero-order valence-electron chi connectivity index (χ0n) is 11.6. The number of amides is 1. The standard InChI is InChI=1S/C11H19N5O4/c1-3-20-10(18)7-15(4-5-19-2)9(17)6-16-8-13-11(12)14-16/h8H,3-7H2,1-2H3,(H2,12,14). The van der Waals surface area contributed by atoms with E-state index >= 15 is 0 Å². The van der Waals surface area contributed by atoms with Crippen molar-refractivity contribution >= 4 is 17.8 Å². The molecule has 0 saturated heterocycles. The van der Waals surface area contributed by atoms with Gasteiger partial charge in [0.1, 0.15) is 19.4 Å². The summed E-state index contributed by atoms with van der Waals surface area (Å²) in [5.74, 6) is -0.665. The van der Waals surface area contributed by atoms with Gasteiger partial charge in [0.15, 0.2) is 0 Å². The predicted molar refractivity (Wildman–Crippen MR) is 69.5 cm³/mol. The van der Waals surface area contributed by atoms with Crippen LogP contribution < -0.4 is 5.73 Å². The number of nitrogens with two attached hydrogens (primary N) is 1. The number of rotatable bonds is 8. The van der Waals surface area contributed by atoms with Gasteiger partial charge in [0, 0.05) is 13.7 Å². The Morgan fingerprint density at radius 3 is 2.80 bits per heavy atom. The molecule has 0 bridgehead atoms. The van der Waals surface area contributed by atoms with Gasteiger partial charge in [-0.15, -0.1) is 5.10 Å². The van der Waals surface area contributed by atoms with E-state index in [0.717, 1.165) is 0 Å². The summed E-state index contributed by atoms with van der Waals surface area (Å²) < 4.78 is 11.1. The lowest BCUT2D eigenvalue weighted by Gasteiger charge is -2.21. The average molecular weight is 285 g/mol. The van der Waals surface area contributed by atoms with Gasteiger partial charge in [-0.25, -0.2) is 9.67 Å². The molecular weight excluding hydrogens is 266 g/mol. The number of hydrogen-bond acceptors (Lipinski definition) is 7. The Morgan fingerprint density at radius 1 is 1.50 bits per heavy atom. The predicted octanol–water partition coefficient (Wildman–Crippen LogP) is -1.10. The number of aromatic nitrogens is 3. The van der Waals surface area contributed by atoms with Crippen molar-refractivity contribution in [2.24, 2.45) is 0 Å². The van der Waals surface area contributed by atoms with Gasteiger partial charge < -0.3 is 20.1 Å². The number of methoxy groups -OCH3 is 1. The van der Waals surface area contributed by atoms with Crippen molar-refractivity contribution in [3.05, 3.63) is 6.33 Å². The van der Waals surface area contributed by atoms with Crippen molar-refractivity contribution in [1.82, 2.24) is 19.7 Å². The van der Waals surface area contributed by atoms with Crippen LogP contribution in [0.4, 0.5) is 5.95 Å². The van der Waals surface area contributed by atoms with Crippen LogP contribution in [0.15, 0.2) is 6.33 Å². The van der Waals surface area contributed by atoms with Crippen LogP contribution in [0.3, 0.4) is 0 Å². The summed E-state index contributed by atoms with van der Waals surface area (Å²) in [6.07, 6.45) is 1.35. The number of carbonyl (C=O) groups is 2. The Balaban J connectivity index is 2.60. The quantitative estimate of drug-likeness (QED) is 0.603. The van der Waals surface area contributed by atoms with E-state index in [9.17, 15) is 9.59 Å². The van der Waals surface area contributed by atoms with Crippen LogP contribution >= 0.6 is 0 Å². The maximum absolute atomic E-state index is 12.1. The third-order valence-corrected chi connectivity index (χ3v) is 2.39. The van der Waals surface area contributed by atoms with Crippen LogP contribution in [0.25, 0.3) is 0 Å². The molecule has 0 fully saturated rings. The first-order valence-electron chi connectivity index (χ1n) is 6.14. The molecule has 0 aromatic carbocycles. The summed E-state index contributed by atoms with van der Waals surface area (Å²) in [4.78, 5) is 28.6. The van der Waals surface area contributed by atoms with E-state index in [0.29, 0.717) is 13.2 Å². The number of nitrogen functional groups attached to an aromatic ring is 1. The van der Waals surface area contributed by atoms with Gasteiger partial charge in [0.2, 0.25) is 11.9 Å². The maximum Gasteiger partial charge on any atom is 0.325 e. The number of hydrogen-bond donors (Lipinski definition) is 1. The fourth-order valence-corrected chi connectivity index (χ4v) is 1.48. The molecule has 1 amide bonds. The lowest BCUT2D eigenvalue weighted by atomic mass is 10.4. The molecule has 0 saturated carbocycles. The molecule has 0 atom stereocenters. The highest BCUT2D eigenvalue weighted by atomic mass is 16.5. The minimum Gasteiger partial charge on any atom is -0.465 e. The third-order valence-electron chi connectivity index (χ3n) is 2.39. The molecule has 0 aliphatic heterocycles. The largest absolute Gasteiger partial charge is 0.465 e. The van der Waals surface area contributed by atoms with Crippen molar-refractivity contribution < 1.29 is 19.1 Å². The molecule has 1 rings (SSSR count). The van der Waals surface area contributed by atoms with Crippen LogP contribution in [0.1, 0.15) is 6.92 Å². The molecule has 0 aliphatic carbocycles. The number of carbonyl (C=O) groups excluding carboxylic acids is 2. The summed E-state index contributed by atoms with van der Waals surface area (Å²) in [6, 6.07) is 0. The normalized spacial score (nSPS) is 10.3. The number of esters is 1. The molecule has 9 heteroatoms. The fraction of sp³-hybridized carbons (Fsp3) is 0.636. The number of anilines is 1. The van der Waals surface area contributed by atoms with E-state index in [1.54, 1.807) is 6.92 Å². The first kappa shape index (κ1) is 15.9. The Kier molecular flexibility index (Phi) is 6.44. The summed E-state index contributed by atoms with van der Waals surface area (Å²) in [5, 5.41) is 3.82. The van der Waals surface area contributed by atoms with Crippen LogP contribution in [0.2, 0.25) is 0 Å². The first-order chi connectivity index (χ1) is 9.56. The van der Waals surface area contributed by atoms with Crippen LogP contribution in [-0.2, 0) is 25.6 Å². The van der Waals surface area contributed by atoms with E-state index in [4.69, 9.17) is 15.2 Å². The average Bonchev–Trinajstić information content (AvgIpc) is 2.80. The van der Waals surface area contributed by atoms with E-state index < -0.39 is 5.97 Å². The first-order valence-corrected chi connectivity index (χ1v) is 6.14. The molecule has 0 radical (unpaired) electrons. The molecule has 9 nitrogen and oxygen atoms in total. The van der Waals surface area contributed by atoms with Gasteiger partial charge in [0.05, 0.1) is 13.2 Å². The van der Waals surface area contributed by atoms with Crippen LogP contribution in [0, 0.1) is 0 Å². The van der Waals surface area contributed by atoms with E-state index in [-0.39, 0.29) is 31.6 Å². The second-order valence-corrected chi connectivity index (χ2v) is 3.91. The Hall–Kier alpha value is -2.16. The number of ether oxygens (including phenoxy) is 2. The Morgan fingerprint density at radius 2 is 2.25 bits per heavy atom. The van der Waals surface area contributed by atoms with Gasteiger partial charge in [-0.1, -0.05) is 0 Å². The molecule has 2 N–H and O–H groups in total. The van der Waals surface area contributed by atoms with Crippen LogP contribution in [-0.4, -0.2) is 65.0 Å². The molecule has 1 aromatic rings. The summed E-state index contributed by atoms with van der Waals surface area (Å²) in [5.41, 5.74) is 5.37. The SMILES string of the molecule is CCOC(=O)CN(CCOC)C(=O)Cn1cnc(N)n1. The third kappa shape index (κ3) is 5.22. The van der Waals surface area contributed by atoms with E-state index in [1.807, 2.05) is 0 Å². The molecule has 0 aliphatic rings. The zero-order valence-corrected chi connectivity index (χ0v) is 11.6. The summed E-state index contributed by atoms with van der Waals surface area (Å²) in [7, 11) is 1.52. The molecule has 1 aromatic heterocycles. The molecule has 0 unspecified atom stereocenters. The van der Waals surface area contributed by atoms with Crippen LogP contribution in [0.5, 0.6) is 0 Å². The second kappa shape index (κ2) is 8.10. The van der Waals surface area contributed by atoms with Crippen molar-refractivity contribution in [2.45, 2.75) is 13.5 Å². The summed E-state index contributed by atoms with van der Waals surface area (Å²) >= 11 is 0. The Labute approximate surface area is 116 Å². The monoisotopic (exact) mass is 285 g/mol. The molecule has 112 valence electrons. The minimum absolute atomic E-state index is 0.0483. The van der Waals surface area contributed by atoms with Gasteiger partial charge in [-0.3, -0.25) is 9.59 Å². The van der Waals surface area contributed by atoms with Crippen molar-refractivity contribution in [1.29, 1.82) is 0 Å². The molecule has 1 heterocycles. The zero-order chi connectivity index (χ0) is 15.0. The van der Waals surface area contributed by atoms with Crippen molar-refractivity contribution in [3.8, 4) is 0 Å². The van der Waals surface area contributed by atoms with E-state index in [1.165, 1.54) is 23.0 Å². The minimum atomic E-state index is -0.463. The molecule has 0 spiro atoms. The highest BCUT2D eigenvalue weighted by molar-refractivity contribution is 5.81. The topological polar surface area (TPSA) is 113 Å². The van der Waals surface area contributed by atoms with Gasteiger partial charge in [-0.05, 0) is 6.92 Å². The van der Waals surface area contributed by atoms with Gasteiger partial charge in [-0.2, -0.15) is 0 Å². The highest BCUT2D eigenvalue weighted by Gasteiger charge is 2.18. The van der Waals surface area contributed by atoms with Crippen molar-refractivity contribution in [2.75, 3.05) is 39.1 Å². The smallest absolute Gasteiger partial charge is 0.325 e. The van der Waals surface area contributed by atoms with Crippen molar-refractivity contribution in [3.63, 3.8) is 0 Å². The lowest BCUT2D eigenvalue weighted by molar-refractivity contribution is -0.149. The fourth-order valence-electron chi connectivity index (χ4n) is 1.48. The number of nitrogens with zero attached hydrogens (tertiary/aromatic N) is 4. The second-order valence-electron chi connectivity index (χ2n) is 3.91. The lowest BCUT2D eigenvalue weighted by Crippen LogP contribution is -2.40. The maximum atomic E-state index is 12.1. The van der Waals surface area contributed by atoms with Gasteiger partial charge >= 0.3 is 5.97 Å². The van der Waals surface area contributed by atoms with Gasteiger partial charge in [0.25, 0.3) is 0 Å². The summed E-state index contributed by atoms with van der Waals surface area (Å²) in [6.45, 7) is 2.42.